The molecular formula is C37H37N5O3S. The topological polar surface area (TPSA) is 72.6 Å². The summed E-state index contributed by atoms with van der Waals surface area (Å²) in [6.45, 7) is 3.98. The lowest BCUT2D eigenvalue weighted by Crippen LogP contribution is -2.53. The highest BCUT2D eigenvalue weighted by molar-refractivity contribution is 7.08. The normalized spacial score (nSPS) is 25.0. The number of rotatable bonds is 8. The molecule has 3 aromatic heterocycles. The van der Waals surface area contributed by atoms with Gasteiger partial charge in [0.25, 0.3) is 11.8 Å². The van der Waals surface area contributed by atoms with E-state index in [0.717, 1.165) is 59.5 Å². The van der Waals surface area contributed by atoms with Crippen molar-refractivity contribution in [2.45, 2.75) is 44.8 Å². The molecule has 5 fully saturated rings. The molecule has 3 saturated carbocycles. The third-order valence-electron chi connectivity index (χ3n) is 11.7. The Labute approximate surface area is 271 Å². The average molecular weight is 632 g/mol. The van der Waals surface area contributed by atoms with Gasteiger partial charge >= 0.3 is 0 Å². The van der Waals surface area contributed by atoms with Crippen LogP contribution in [0.1, 0.15) is 46.4 Å². The van der Waals surface area contributed by atoms with Crippen molar-refractivity contribution in [3.63, 3.8) is 0 Å². The molecule has 234 valence electrons. The average Bonchev–Trinajstić information content (AvgIpc) is 3.35. The Hall–Kier alpha value is -4.11. The van der Waals surface area contributed by atoms with Gasteiger partial charge in [-0.1, -0.05) is 18.2 Å². The fraction of sp³-hybridized carbons (Fsp3) is 0.432. The lowest BCUT2D eigenvalue weighted by atomic mass is 9.53. The Morgan fingerprint density at radius 2 is 1.76 bits per heavy atom. The number of nitrogens with zero attached hydrogens (tertiary/aromatic N) is 5. The molecule has 8 nitrogen and oxygen atoms in total. The van der Waals surface area contributed by atoms with Gasteiger partial charge in [0.2, 0.25) is 0 Å². The number of para-hydroxylation sites is 1. The molecule has 4 atom stereocenters. The summed E-state index contributed by atoms with van der Waals surface area (Å²) in [7, 11) is 1.70. The maximum absolute atomic E-state index is 14.0. The van der Waals surface area contributed by atoms with E-state index >= 15 is 0 Å². The molecule has 0 bridgehead atoms. The van der Waals surface area contributed by atoms with E-state index < -0.39 is 0 Å². The largest absolute Gasteiger partial charge is 0.494 e. The monoisotopic (exact) mass is 631 g/mol. The highest BCUT2D eigenvalue weighted by Gasteiger charge is 2.61. The molecule has 2 saturated heterocycles. The van der Waals surface area contributed by atoms with E-state index in [-0.39, 0.29) is 17.7 Å². The minimum Gasteiger partial charge on any atom is -0.494 e. The molecule has 0 radical (unpaired) electrons. The van der Waals surface area contributed by atoms with Gasteiger partial charge < -0.3 is 23.7 Å². The molecule has 2 amide bonds. The summed E-state index contributed by atoms with van der Waals surface area (Å²) in [4.78, 5) is 36.4. The van der Waals surface area contributed by atoms with Crippen LogP contribution in [0, 0.1) is 29.6 Å². The molecule has 0 N–H and O–H groups in total. The van der Waals surface area contributed by atoms with Gasteiger partial charge in [0.05, 0.1) is 23.9 Å². The number of thiophene rings is 1. The maximum atomic E-state index is 14.0. The number of carbonyl (C=O) groups is 2. The van der Waals surface area contributed by atoms with Gasteiger partial charge in [-0.25, -0.2) is 4.98 Å². The molecule has 5 aromatic rings. The number of ether oxygens (including phenoxy) is 1. The van der Waals surface area contributed by atoms with E-state index in [1.807, 2.05) is 33.9 Å². The molecule has 5 heterocycles. The van der Waals surface area contributed by atoms with Crippen LogP contribution >= 0.6 is 11.3 Å². The summed E-state index contributed by atoms with van der Waals surface area (Å²) < 4.78 is 10.8. The number of likely N-dealkylation sites (tertiary alicyclic amines) is 2. The number of aromatic nitrogens is 3. The Kier molecular flexibility index (Phi) is 5.85. The van der Waals surface area contributed by atoms with Crippen LogP contribution in [0.15, 0.2) is 59.3 Å². The SMILES string of the molecule is COc1cc(C(=O)N2CC3CC4CC2[C@H]43)cc2nc(-c3cc4ccccc4n3CC3CC3)n(CC3CN(C(=O)c4ccsc4)C3)c12. The number of carbonyl (C=O) groups excluding carboxylic acids is 2. The first-order valence-electron chi connectivity index (χ1n) is 16.8. The summed E-state index contributed by atoms with van der Waals surface area (Å²) >= 11 is 1.55. The highest BCUT2D eigenvalue weighted by atomic mass is 32.1. The Morgan fingerprint density at radius 1 is 0.913 bits per heavy atom. The second kappa shape index (κ2) is 9.94. The van der Waals surface area contributed by atoms with E-state index in [4.69, 9.17) is 9.72 Å². The zero-order valence-electron chi connectivity index (χ0n) is 26.0. The van der Waals surface area contributed by atoms with E-state index in [0.29, 0.717) is 48.8 Å². The number of amides is 2. The maximum Gasteiger partial charge on any atom is 0.254 e. The van der Waals surface area contributed by atoms with E-state index in [1.54, 1.807) is 18.4 Å². The number of hydrogen-bond acceptors (Lipinski definition) is 5. The predicted octanol–water partition coefficient (Wildman–Crippen LogP) is 6.39. The minimum absolute atomic E-state index is 0.103. The summed E-state index contributed by atoms with van der Waals surface area (Å²) in [5.41, 5.74) is 5.47. The van der Waals surface area contributed by atoms with Gasteiger partial charge in [0, 0.05) is 66.5 Å². The minimum atomic E-state index is 0.103. The van der Waals surface area contributed by atoms with Gasteiger partial charge in [0.1, 0.15) is 11.3 Å². The Balaban J connectivity index is 1.06. The summed E-state index contributed by atoms with van der Waals surface area (Å²) in [6, 6.07) is 17.1. The van der Waals surface area contributed by atoms with E-state index in [2.05, 4.69) is 44.4 Å². The van der Waals surface area contributed by atoms with Crippen molar-refractivity contribution < 1.29 is 14.3 Å². The van der Waals surface area contributed by atoms with Crippen LogP contribution < -0.4 is 4.74 Å². The fourth-order valence-corrected chi connectivity index (χ4v) is 9.71. The second-order valence-electron chi connectivity index (χ2n) is 14.4. The van der Waals surface area contributed by atoms with Gasteiger partial charge in [-0.3, -0.25) is 9.59 Å². The molecule has 9 heteroatoms. The van der Waals surface area contributed by atoms with Crippen LogP contribution in [-0.4, -0.2) is 68.5 Å². The van der Waals surface area contributed by atoms with Crippen LogP contribution in [0.5, 0.6) is 5.75 Å². The zero-order valence-corrected chi connectivity index (χ0v) is 26.8. The first-order valence-corrected chi connectivity index (χ1v) is 17.8. The Morgan fingerprint density at radius 3 is 2.52 bits per heavy atom. The molecule has 10 rings (SSSR count). The van der Waals surface area contributed by atoms with E-state index in [1.165, 1.54) is 30.2 Å². The van der Waals surface area contributed by atoms with Crippen LogP contribution in [0.2, 0.25) is 0 Å². The molecule has 3 aliphatic carbocycles. The smallest absolute Gasteiger partial charge is 0.254 e. The number of benzene rings is 2. The number of imidazole rings is 1. The van der Waals surface area contributed by atoms with Gasteiger partial charge in [-0.2, -0.15) is 11.3 Å². The summed E-state index contributed by atoms with van der Waals surface area (Å²) in [5.74, 6) is 5.03. The van der Waals surface area contributed by atoms with Crippen molar-refractivity contribution in [2.24, 2.45) is 29.6 Å². The van der Waals surface area contributed by atoms with Crippen molar-refractivity contribution in [3.05, 3.63) is 70.4 Å². The molecular weight excluding hydrogens is 595 g/mol. The number of fused-ring (bicyclic) bond motifs is 2. The summed E-state index contributed by atoms with van der Waals surface area (Å²) in [5, 5.41) is 5.09. The van der Waals surface area contributed by atoms with Crippen LogP contribution in [0.25, 0.3) is 33.5 Å². The second-order valence-corrected chi connectivity index (χ2v) is 15.2. The van der Waals surface area contributed by atoms with Crippen molar-refractivity contribution >= 4 is 45.1 Å². The van der Waals surface area contributed by atoms with Crippen LogP contribution in [0.3, 0.4) is 0 Å². The van der Waals surface area contributed by atoms with Crippen molar-refractivity contribution in [1.82, 2.24) is 23.9 Å². The molecule has 2 aromatic carbocycles. The van der Waals surface area contributed by atoms with E-state index in [9.17, 15) is 9.59 Å². The molecule has 46 heavy (non-hydrogen) atoms. The lowest BCUT2D eigenvalue weighted by Gasteiger charge is -2.52. The van der Waals surface area contributed by atoms with Gasteiger partial charge in [0.15, 0.2) is 5.82 Å². The molecule has 3 unspecified atom stereocenters. The Bertz CT molecular complexity index is 2030. The predicted molar refractivity (Wildman–Crippen MR) is 178 cm³/mol. The fourth-order valence-electron chi connectivity index (χ4n) is 9.08. The zero-order chi connectivity index (χ0) is 30.7. The van der Waals surface area contributed by atoms with Gasteiger partial charge in [-0.15, -0.1) is 0 Å². The molecule has 5 aliphatic rings. The van der Waals surface area contributed by atoms with Crippen molar-refractivity contribution in [2.75, 3.05) is 26.7 Å². The molecule has 0 spiro atoms. The standard InChI is InChI=1S/C37H37N5O3S/c1-45-32-14-26(37(44)41-19-27-10-25-13-30(41)33(25)27)11-28-34(32)42(18-22-15-39(16-22)36(43)24-8-9-46-20-24)35(38-28)31-12-23-4-2-3-5-29(23)40(31)17-21-6-7-21/h2-5,8-9,11-12,14,20-22,25,27,30,33H,6-7,10,13,15-19H2,1H3/t25?,27?,30?,33-/m1/s1. The first-order chi connectivity index (χ1) is 22.5. The lowest BCUT2D eigenvalue weighted by molar-refractivity contribution is -0.0204. The third-order valence-corrected chi connectivity index (χ3v) is 12.4. The highest BCUT2D eigenvalue weighted by Crippen LogP contribution is 2.60. The summed E-state index contributed by atoms with van der Waals surface area (Å²) in [6.07, 6.45) is 4.96. The third kappa shape index (κ3) is 3.99. The van der Waals surface area contributed by atoms with Crippen LogP contribution in [0.4, 0.5) is 0 Å². The molecule has 2 aliphatic heterocycles. The van der Waals surface area contributed by atoms with Crippen LogP contribution in [-0.2, 0) is 13.1 Å². The van der Waals surface area contributed by atoms with Gasteiger partial charge in [-0.05, 0) is 85.1 Å². The van der Waals surface area contributed by atoms with Crippen molar-refractivity contribution in [3.8, 4) is 17.3 Å². The number of hydrogen-bond donors (Lipinski definition) is 0. The quantitative estimate of drug-likeness (QED) is 0.199. The van der Waals surface area contributed by atoms with Crippen molar-refractivity contribution in [1.29, 1.82) is 0 Å². The first kappa shape index (κ1) is 27.0. The number of methoxy groups -OCH3 is 1.